The third-order valence-electron chi connectivity index (χ3n) is 6.65. The quantitative estimate of drug-likeness (QED) is 0.358. The molecule has 1 aliphatic rings. The Balaban J connectivity index is 1.45. The maximum Gasteiger partial charge on any atom is 0.251 e. The van der Waals surface area contributed by atoms with E-state index in [1.54, 1.807) is 37.4 Å². The lowest BCUT2D eigenvalue weighted by molar-refractivity contribution is -0.128. The van der Waals surface area contributed by atoms with Crippen molar-refractivity contribution in [3.8, 4) is 17.1 Å². The molecule has 2 aromatic carbocycles. The van der Waals surface area contributed by atoms with Crippen molar-refractivity contribution in [2.24, 2.45) is 0 Å². The fourth-order valence-corrected chi connectivity index (χ4v) is 4.75. The zero-order valence-electron chi connectivity index (χ0n) is 21.4. The van der Waals surface area contributed by atoms with Gasteiger partial charge in [0.2, 0.25) is 5.82 Å². The normalized spacial score (nSPS) is 14.3. The van der Waals surface area contributed by atoms with Crippen LogP contribution in [0.3, 0.4) is 0 Å². The maximum absolute atomic E-state index is 13.9. The molecule has 4 aromatic rings. The van der Waals surface area contributed by atoms with Crippen molar-refractivity contribution >= 4 is 17.5 Å². The number of hydrogen-bond acceptors (Lipinski definition) is 7. The van der Waals surface area contributed by atoms with E-state index in [4.69, 9.17) is 9.15 Å². The highest BCUT2D eigenvalue weighted by Crippen LogP contribution is 2.30. The van der Waals surface area contributed by atoms with Crippen LogP contribution in [0.25, 0.3) is 11.4 Å². The Bertz CT molecular complexity index is 1380. The summed E-state index contributed by atoms with van der Waals surface area (Å²) in [6, 6.07) is 17.2. The van der Waals surface area contributed by atoms with Gasteiger partial charge in [0.05, 0.1) is 13.4 Å². The van der Waals surface area contributed by atoms with Gasteiger partial charge in [-0.15, -0.1) is 10.2 Å². The summed E-state index contributed by atoms with van der Waals surface area (Å²) in [6.45, 7) is 1.72. The van der Waals surface area contributed by atoms with Crippen LogP contribution in [0.4, 0.5) is 5.69 Å². The lowest BCUT2D eigenvalue weighted by Crippen LogP contribution is -2.47. The Morgan fingerprint density at radius 2 is 1.92 bits per heavy atom. The number of tetrazole rings is 1. The molecule has 38 heavy (non-hydrogen) atoms. The first kappa shape index (κ1) is 25.2. The van der Waals surface area contributed by atoms with E-state index in [0.717, 1.165) is 36.8 Å². The zero-order valence-corrected chi connectivity index (χ0v) is 21.4. The Hall–Kier alpha value is -4.47. The summed E-state index contributed by atoms with van der Waals surface area (Å²) in [6.07, 6.45) is 5.50. The van der Waals surface area contributed by atoms with Gasteiger partial charge in [-0.1, -0.05) is 25.0 Å². The van der Waals surface area contributed by atoms with Crippen LogP contribution in [-0.2, 0) is 16.1 Å². The van der Waals surface area contributed by atoms with Crippen molar-refractivity contribution in [3.63, 3.8) is 0 Å². The summed E-state index contributed by atoms with van der Waals surface area (Å²) < 4.78 is 10.9. The van der Waals surface area contributed by atoms with Crippen molar-refractivity contribution in [1.82, 2.24) is 25.5 Å². The third-order valence-corrected chi connectivity index (χ3v) is 6.65. The third kappa shape index (κ3) is 5.59. The highest BCUT2D eigenvalue weighted by molar-refractivity contribution is 6.01. The van der Waals surface area contributed by atoms with Crippen LogP contribution < -0.4 is 15.0 Å². The second-order valence-electron chi connectivity index (χ2n) is 9.38. The lowest BCUT2D eigenvalue weighted by Gasteiger charge is -2.30. The van der Waals surface area contributed by atoms with Gasteiger partial charge >= 0.3 is 0 Å². The van der Waals surface area contributed by atoms with Gasteiger partial charge in [-0.3, -0.25) is 14.5 Å². The predicted molar refractivity (Wildman–Crippen MR) is 140 cm³/mol. The van der Waals surface area contributed by atoms with E-state index in [1.807, 2.05) is 37.3 Å². The molecule has 10 heteroatoms. The molecular formula is C28H30N6O4. The molecular weight excluding hydrogens is 484 g/mol. The molecule has 10 nitrogen and oxygen atoms in total. The number of aryl methyl sites for hydroxylation is 1. The van der Waals surface area contributed by atoms with Gasteiger partial charge in [-0.2, -0.15) is 4.80 Å². The van der Waals surface area contributed by atoms with Gasteiger partial charge in [0.15, 0.2) is 6.04 Å². The van der Waals surface area contributed by atoms with Gasteiger partial charge in [0, 0.05) is 17.3 Å². The first-order valence-electron chi connectivity index (χ1n) is 12.7. The van der Waals surface area contributed by atoms with Crippen LogP contribution in [-0.4, -0.2) is 45.2 Å². The minimum absolute atomic E-state index is 0.0819. The average molecular weight is 515 g/mol. The van der Waals surface area contributed by atoms with Crippen LogP contribution in [0.2, 0.25) is 0 Å². The van der Waals surface area contributed by atoms with Crippen LogP contribution in [0.5, 0.6) is 5.75 Å². The molecule has 196 valence electrons. The average Bonchev–Trinajstić information content (AvgIpc) is 3.71. The SMILES string of the molecule is COc1ccc(-c2nnn(CC(=O)N(c3cccc(C)c3)C(C(=O)NC3CCCC3)c3ccco3)n2)cc1. The first-order valence-corrected chi connectivity index (χ1v) is 12.7. The predicted octanol–water partition coefficient (Wildman–Crippen LogP) is 4.08. The van der Waals surface area contributed by atoms with Gasteiger partial charge < -0.3 is 14.5 Å². The zero-order chi connectivity index (χ0) is 26.5. The largest absolute Gasteiger partial charge is 0.497 e. The number of carbonyl (C=O) groups is 2. The van der Waals surface area contributed by atoms with Crippen LogP contribution in [0.15, 0.2) is 71.3 Å². The highest BCUT2D eigenvalue weighted by Gasteiger charge is 2.36. The Kier molecular flexibility index (Phi) is 7.48. The van der Waals surface area contributed by atoms with E-state index >= 15 is 0 Å². The number of amides is 2. The molecule has 0 bridgehead atoms. The van der Waals surface area contributed by atoms with Gasteiger partial charge in [0.1, 0.15) is 18.1 Å². The number of methoxy groups -OCH3 is 1. The molecule has 1 atom stereocenters. The summed E-state index contributed by atoms with van der Waals surface area (Å²) in [5.41, 5.74) is 2.27. The molecule has 1 N–H and O–H groups in total. The van der Waals surface area contributed by atoms with Crippen LogP contribution in [0, 0.1) is 6.92 Å². The number of anilines is 1. The number of ether oxygens (including phenoxy) is 1. The minimum Gasteiger partial charge on any atom is -0.497 e. The van der Waals surface area contributed by atoms with Crippen molar-refractivity contribution in [2.75, 3.05) is 12.0 Å². The monoisotopic (exact) mass is 514 g/mol. The summed E-state index contributed by atoms with van der Waals surface area (Å²) in [4.78, 5) is 30.3. The molecule has 2 amide bonds. The van der Waals surface area contributed by atoms with Crippen molar-refractivity contribution in [3.05, 3.63) is 78.3 Å². The van der Waals surface area contributed by atoms with E-state index in [9.17, 15) is 9.59 Å². The molecule has 0 spiro atoms. The van der Waals surface area contributed by atoms with Crippen molar-refractivity contribution in [1.29, 1.82) is 0 Å². The number of nitrogens with zero attached hydrogens (tertiary/aromatic N) is 5. The minimum atomic E-state index is -0.996. The number of aromatic nitrogens is 4. The van der Waals surface area contributed by atoms with E-state index in [2.05, 4.69) is 20.7 Å². The topological polar surface area (TPSA) is 115 Å². The van der Waals surface area contributed by atoms with Crippen LogP contribution in [0.1, 0.15) is 43.0 Å². The van der Waals surface area contributed by atoms with E-state index in [0.29, 0.717) is 23.0 Å². The van der Waals surface area contributed by atoms with Gasteiger partial charge in [-0.25, -0.2) is 0 Å². The Morgan fingerprint density at radius 1 is 1.13 bits per heavy atom. The molecule has 0 saturated heterocycles. The maximum atomic E-state index is 13.9. The number of nitrogens with one attached hydrogen (secondary N) is 1. The molecule has 0 radical (unpaired) electrons. The molecule has 1 saturated carbocycles. The van der Waals surface area contributed by atoms with Gasteiger partial charge in [-0.05, 0) is 79.1 Å². The first-order chi connectivity index (χ1) is 18.5. The molecule has 1 aliphatic carbocycles. The number of rotatable bonds is 9. The standard InChI is InChI=1S/C28H30N6O4/c1-19-7-5-10-22(17-19)34(26(24-11-6-16-38-24)28(36)29-21-8-3-4-9-21)25(35)18-33-31-27(30-32-33)20-12-14-23(37-2)15-13-20/h5-7,10-17,21,26H,3-4,8-9,18H2,1-2H3,(H,29,36). The van der Waals surface area contributed by atoms with E-state index in [1.165, 1.54) is 16.0 Å². The number of carbonyl (C=O) groups excluding carboxylic acids is 2. The highest BCUT2D eigenvalue weighted by atomic mass is 16.5. The molecule has 5 rings (SSSR count). The molecule has 0 aliphatic heterocycles. The molecule has 2 heterocycles. The smallest absolute Gasteiger partial charge is 0.251 e. The summed E-state index contributed by atoms with van der Waals surface area (Å²) in [5.74, 6) is 0.805. The Labute approximate surface area is 220 Å². The molecule has 1 fully saturated rings. The number of hydrogen-bond donors (Lipinski definition) is 1. The summed E-state index contributed by atoms with van der Waals surface area (Å²) in [7, 11) is 1.60. The second-order valence-corrected chi connectivity index (χ2v) is 9.38. The summed E-state index contributed by atoms with van der Waals surface area (Å²) in [5, 5.41) is 15.7. The fourth-order valence-electron chi connectivity index (χ4n) is 4.75. The van der Waals surface area contributed by atoms with Crippen molar-refractivity contribution in [2.45, 2.75) is 51.2 Å². The molecule has 1 unspecified atom stereocenters. The second kappa shape index (κ2) is 11.3. The van der Waals surface area contributed by atoms with Gasteiger partial charge in [0.25, 0.3) is 11.8 Å². The number of benzene rings is 2. The summed E-state index contributed by atoms with van der Waals surface area (Å²) >= 11 is 0. The lowest BCUT2D eigenvalue weighted by atomic mass is 10.1. The van der Waals surface area contributed by atoms with E-state index < -0.39 is 6.04 Å². The Morgan fingerprint density at radius 3 is 2.61 bits per heavy atom. The number of furan rings is 1. The van der Waals surface area contributed by atoms with Crippen LogP contribution >= 0.6 is 0 Å². The fraction of sp³-hybridized carbons (Fsp3) is 0.321. The van der Waals surface area contributed by atoms with E-state index in [-0.39, 0.29) is 24.4 Å². The van der Waals surface area contributed by atoms with Crippen molar-refractivity contribution < 1.29 is 18.7 Å². The molecule has 2 aromatic heterocycles.